The van der Waals surface area contributed by atoms with E-state index in [1.165, 1.54) is 19.3 Å². The summed E-state index contributed by atoms with van der Waals surface area (Å²) in [5.41, 5.74) is 0.798. The summed E-state index contributed by atoms with van der Waals surface area (Å²) >= 11 is 0. The molecule has 1 aromatic carbocycles. The minimum absolute atomic E-state index is 0.00364. The van der Waals surface area contributed by atoms with Gasteiger partial charge in [-0.1, -0.05) is 58.4 Å². The SMILES string of the molecule is CCCCCCCC(=O)NCC(OC(=O)CCCCC)c1ccc2c(c1)OCCO2. The maximum Gasteiger partial charge on any atom is 0.306 e. The highest BCUT2D eigenvalue weighted by Gasteiger charge is 2.21. The Morgan fingerprint density at radius 3 is 2.37 bits per heavy atom. The summed E-state index contributed by atoms with van der Waals surface area (Å²) in [5.74, 6) is 1.09. The minimum atomic E-state index is -0.543. The van der Waals surface area contributed by atoms with Gasteiger partial charge in [-0.3, -0.25) is 9.59 Å². The zero-order valence-corrected chi connectivity index (χ0v) is 18.5. The first-order valence-electron chi connectivity index (χ1n) is 11.5. The molecule has 0 radical (unpaired) electrons. The van der Waals surface area contributed by atoms with Crippen molar-refractivity contribution in [2.24, 2.45) is 0 Å². The summed E-state index contributed by atoms with van der Waals surface area (Å²) in [5, 5.41) is 2.94. The average Bonchev–Trinajstić information content (AvgIpc) is 2.76. The average molecular weight is 420 g/mol. The number of hydrogen-bond donors (Lipinski definition) is 1. The van der Waals surface area contributed by atoms with Crippen LogP contribution in [0, 0.1) is 0 Å². The molecule has 1 aromatic rings. The van der Waals surface area contributed by atoms with Crippen molar-refractivity contribution in [1.82, 2.24) is 5.32 Å². The Hall–Kier alpha value is -2.24. The van der Waals surface area contributed by atoms with Gasteiger partial charge in [0.1, 0.15) is 19.3 Å². The van der Waals surface area contributed by atoms with Crippen molar-refractivity contribution in [3.05, 3.63) is 23.8 Å². The Balaban J connectivity index is 1.93. The smallest absolute Gasteiger partial charge is 0.306 e. The first kappa shape index (κ1) is 24.0. The zero-order valence-electron chi connectivity index (χ0n) is 18.5. The number of hydrogen-bond acceptors (Lipinski definition) is 5. The molecule has 1 aliphatic rings. The Morgan fingerprint density at radius 2 is 1.60 bits per heavy atom. The van der Waals surface area contributed by atoms with Gasteiger partial charge in [0.25, 0.3) is 0 Å². The number of ether oxygens (including phenoxy) is 3. The van der Waals surface area contributed by atoms with Crippen molar-refractivity contribution in [2.75, 3.05) is 19.8 Å². The van der Waals surface area contributed by atoms with E-state index in [1.807, 2.05) is 18.2 Å². The van der Waals surface area contributed by atoms with Crippen LogP contribution in [0.2, 0.25) is 0 Å². The monoisotopic (exact) mass is 419 g/mol. The van der Waals surface area contributed by atoms with Gasteiger partial charge >= 0.3 is 5.97 Å². The lowest BCUT2D eigenvalue weighted by atomic mass is 10.1. The van der Waals surface area contributed by atoms with Gasteiger partial charge in [-0.2, -0.15) is 0 Å². The van der Waals surface area contributed by atoms with Crippen LogP contribution in [0.25, 0.3) is 0 Å². The second kappa shape index (κ2) is 13.9. The number of esters is 1. The van der Waals surface area contributed by atoms with Gasteiger partial charge in [-0.25, -0.2) is 0 Å². The summed E-state index contributed by atoms with van der Waals surface area (Å²) in [6, 6.07) is 5.54. The first-order chi connectivity index (χ1) is 14.6. The van der Waals surface area contributed by atoms with Gasteiger partial charge < -0.3 is 19.5 Å². The molecule has 1 atom stereocenters. The largest absolute Gasteiger partial charge is 0.486 e. The van der Waals surface area contributed by atoms with Crippen LogP contribution in [0.3, 0.4) is 0 Å². The molecule has 1 unspecified atom stereocenters. The second-order valence-electron chi connectivity index (χ2n) is 7.81. The van der Waals surface area contributed by atoms with Gasteiger partial charge in [0.05, 0.1) is 6.54 Å². The van der Waals surface area contributed by atoms with Crippen LogP contribution in [0.5, 0.6) is 11.5 Å². The molecule has 0 saturated heterocycles. The highest BCUT2D eigenvalue weighted by molar-refractivity contribution is 5.76. The Labute approximate surface area is 180 Å². The molecule has 2 rings (SSSR count). The van der Waals surface area contributed by atoms with E-state index >= 15 is 0 Å². The molecule has 6 nitrogen and oxygen atoms in total. The van der Waals surface area contributed by atoms with E-state index in [4.69, 9.17) is 14.2 Å². The van der Waals surface area contributed by atoms with E-state index in [-0.39, 0.29) is 18.4 Å². The normalized spacial score (nSPS) is 13.5. The van der Waals surface area contributed by atoms with Crippen molar-refractivity contribution >= 4 is 11.9 Å². The van der Waals surface area contributed by atoms with Crippen LogP contribution in [0.1, 0.15) is 89.7 Å². The van der Waals surface area contributed by atoms with Gasteiger partial charge in [-0.05, 0) is 30.5 Å². The van der Waals surface area contributed by atoms with Crippen molar-refractivity contribution in [3.8, 4) is 11.5 Å². The lowest BCUT2D eigenvalue weighted by Crippen LogP contribution is -2.30. The number of unbranched alkanes of at least 4 members (excludes halogenated alkanes) is 6. The van der Waals surface area contributed by atoms with Gasteiger partial charge in [0.15, 0.2) is 11.5 Å². The molecule has 0 saturated carbocycles. The predicted octanol–water partition coefficient (Wildman–Crippen LogP) is 5.10. The fraction of sp³-hybridized carbons (Fsp3) is 0.667. The van der Waals surface area contributed by atoms with Crippen molar-refractivity contribution < 1.29 is 23.8 Å². The van der Waals surface area contributed by atoms with Gasteiger partial charge in [-0.15, -0.1) is 0 Å². The van der Waals surface area contributed by atoms with E-state index in [0.29, 0.717) is 37.6 Å². The molecule has 168 valence electrons. The van der Waals surface area contributed by atoms with Crippen LogP contribution in [-0.4, -0.2) is 31.6 Å². The van der Waals surface area contributed by atoms with E-state index < -0.39 is 6.10 Å². The lowest BCUT2D eigenvalue weighted by molar-refractivity contribution is -0.150. The summed E-state index contributed by atoms with van der Waals surface area (Å²) in [6.07, 6.45) is 8.73. The summed E-state index contributed by atoms with van der Waals surface area (Å²) in [4.78, 5) is 24.6. The predicted molar refractivity (Wildman–Crippen MR) is 117 cm³/mol. The molecule has 1 N–H and O–H groups in total. The Bertz CT molecular complexity index is 661. The van der Waals surface area contributed by atoms with Crippen LogP contribution in [-0.2, 0) is 14.3 Å². The first-order valence-corrected chi connectivity index (χ1v) is 11.5. The fourth-order valence-electron chi connectivity index (χ4n) is 3.41. The number of rotatable bonds is 14. The maximum absolute atomic E-state index is 12.3. The Morgan fingerprint density at radius 1 is 0.933 bits per heavy atom. The highest BCUT2D eigenvalue weighted by atomic mass is 16.6. The van der Waals surface area contributed by atoms with E-state index in [9.17, 15) is 9.59 Å². The third-order valence-corrected chi connectivity index (χ3v) is 5.19. The molecule has 0 aromatic heterocycles. The number of fused-ring (bicyclic) bond motifs is 1. The lowest BCUT2D eigenvalue weighted by Gasteiger charge is -2.23. The number of carbonyl (C=O) groups is 2. The maximum atomic E-state index is 12.3. The number of carbonyl (C=O) groups excluding carboxylic acids is 2. The molecule has 0 bridgehead atoms. The molecule has 0 spiro atoms. The highest BCUT2D eigenvalue weighted by Crippen LogP contribution is 2.33. The molecule has 0 aliphatic carbocycles. The molecule has 30 heavy (non-hydrogen) atoms. The quantitative estimate of drug-likeness (QED) is 0.335. The molecule has 0 fully saturated rings. The molecule has 1 heterocycles. The molecule has 6 heteroatoms. The fourth-order valence-corrected chi connectivity index (χ4v) is 3.41. The second-order valence-corrected chi connectivity index (χ2v) is 7.81. The third kappa shape index (κ3) is 8.64. The van der Waals surface area contributed by atoms with Crippen LogP contribution in [0.15, 0.2) is 18.2 Å². The van der Waals surface area contributed by atoms with Crippen LogP contribution >= 0.6 is 0 Å². The molecular formula is C24H37NO5. The molecule has 1 aliphatic heterocycles. The zero-order chi connectivity index (χ0) is 21.6. The summed E-state index contributed by atoms with van der Waals surface area (Å²) < 4.78 is 17.0. The van der Waals surface area contributed by atoms with E-state index in [1.54, 1.807) is 0 Å². The van der Waals surface area contributed by atoms with Crippen molar-refractivity contribution in [3.63, 3.8) is 0 Å². The number of benzene rings is 1. The van der Waals surface area contributed by atoms with Gasteiger partial charge in [0.2, 0.25) is 5.91 Å². The van der Waals surface area contributed by atoms with E-state index in [0.717, 1.165) is 37.7 Å². The standard InChI is InChI=1S/C24H37NO5/c1-3-5-7-8-10-11-23(26)25-18-22(30-24(27)12-9-6-4-2)19-13-14-20-21(17-19)29-16-15-28-20/h13-14,17,22H,3-12,15-16,18H2,1-2H3,(H,25,26). The molecular weight excluding hydrogens is 382 g/mol. The van der Waals surface area contributed by atoms with Crippen molar-refractivity contribution in [1.29, 1.82) is 0 Å². The topological polar surface area (TPSA) is 73.9 Å². The van der Waals surface area contributed by atoms with Crippen LogP contribution < -0.4 is 14.8 Å². The number of nitrogens with one attached hydrogen (secondary N) is 1. The summed E-state index contributed by atoms with van der Waals surface area (Å²) in [6.45, 7) is 5.55. The van der Waals surface area contributed by atoms with Crippen LogP contribution in [0.4, 0.5) is 0 Å². The Kier molecular flexibility index (Phi) is 11.1. The summed E-state index contributed by atoms with van der Waals surface area (Å²) in [7, 11) is 0. The number of amides is 1. The third-order valence-electron chi connectivity index (χ3n) is 5.19. The van der Waals surface area contributed by atoms with Gasteiger partial charge in [0, 0.05) is 12.8 Å². The van der Waals surface area contributed by atoms with E-state index in [2.05, 4.69) is 19.2 Å². The van der Waals surface area contributed by atoms with Crippen molar-refractivity contribution in [2.45, 2.75) is 84.2 Å². The minimum Gasteiger partial charge on any atom is -0.486 e. The molecule has 1 amide bonds.